The van der Waals surface area contributed by atoms with Gasteiger partial charge in [-0.15, -0.1) is 12.3 Å². The Bertz CT molecular complexity index is 1230. The number of imidazole rings is 1. The van der Waals surface area contributed by atoms with Crippen molar-refractivity contribution in [2.45, 2.75) is 31.0 Å². The molecular weight excluding hydrogens is 523 g/mol. The lowest BCUT2D eigenvalue weighted by Gasteiger charge is -2.35. The number of anilines is 1. The Kier molecular flexibility index (Phi) is 7.96. The Hall–Kier alpha value is -1.76. The topological polar surface area (TPSA) is 267 Å². The molecule has 1 fully saturated rings. The van der Waals surface area contributed by atoms with Gasteiger partial charge in [0, 0.05) is 12.6 Å². The first-order valence-electron chi connectivity index (χ1n) is 9.13. The maximum atomic E-state index is 11.9. The number of aliphatic hydroxyl groups is 2. The minimum Gasteiger partial charge on any atom is -0.778 e. The number of hydrogen-bond acceptors (Lipinski definition) is 16. The molecule has 1 aliphatic heterocycles. The summed E-state index contributed by atoms with van der Waals surface area (Å²) in [7, 11) is -16.7. The fourth-order valence-corrected chi connectivity index (χ4v) is 6.71. The van der Waals surface area contributed by atoms with Gasteiger partial charge in [0.1, 0.15) is 37.8 Å². The van der Waals surface area contributed by atoms with Gasteiger partial charge in [-0.25, -0.2) is 19.3 Å². The quantitative estimate of drug-likeness (QED) is 0.209. The standard InChI is InChI=1S/C14H20N5O12P3/c1-2-3-4-32(22,23)30-34(26,27)31-33(24,25)28-5-8-10(20)11(21)14(29-8)19-7-18-9-12(15)16-6-17-13(9)19/h1,6-8,10-11,14,20-21H,3-5H2,(H,22,23)(H,24,25)(H,26,27)(H2,15,16,17)/p-3/t8-,10+,11?,14-/m1/s1. The number of phosphoric acid groups is 2. The minimum atomic E-state index is -5.93. The average Bonchev–Trinajstić information content (AvgIpc) is 3.26. The normalized spacial score (nSPS) is 28.1. The third-order valence-corrected chi connectivity index (χ3v) is 8.98. The van der Waals surface area contributed by atoms with Crippen LogP contribution in [0.15, 0.2) is 12.7 Å². The second-order valence-corrected chi connectivity index (χ2v) is 11.8. The Morgan fingerprint density at radius 3 is 2.53 bits per heavy atom. The molecule has 0 aromatic carbocycles. The molecule has 34 heavy (non-hydrogen) atoms. The molecule has 4 N–H and O–H groups in total. The van der Waals surface area contributed by atoms with Crippen molar-refractivity contribution in [2.75, 3.05) is 18.5 Å². The van der Waals surface area contributed by atoms with Crippen LogP contribution >= 0.6 is 23.2 Å². The number of terminal acetylenes is 1. The summed E-state index contributed by atoms with van der Waals surface area (Å²) in [5, 5.41) is 20.5. The molecule has 0 saturated carbocycles. The summed E-state index contributed by atoms with van der Waals surface area (Å²) >= 11 is 0. The summed E-state index contributed by atoms with van der Waals surface area (Å²) in [5.41, 5.74) is 6.00. The minimum absolute atomic E-state index is 0.0345. The van der Waals surface area contributed by atoms with Crippen LogP contribution in [0.5, 0.6) is 0 Å². The largest absolute Gasteiger partial charge is 0.778 e. The number of nitrogens with zero attached hydrogens (tertiary/aromatic N) is 4. The number of fused-ring (bicyclic) bond motifs is 1. The maximum Gasteiger partial charge on any atom is 0.279 e. The van der Waals surface area contributed by atoms with Gasteiger partial charge in [0.05, 0.1) is 12.9 Å². The molecule has 0 radical (unpaired) electrons. The van der Waals surface area contributed by atoms with Gasteiger partial charge in [0.15, 0.2) is 17.7 Å². The molecule has 2 aromatic rings. The molecule has 4 unspecified atom stereocenters. The van der Waals surface area contributed by atoms with Crippen molar-refractivity contribution in [1.29, 1.82) is 0 Å². The molecule has 0 amide bonds. The van der Waals surface area contributed by atoms with Gasteiger partial charge in [0.2, 0.25) is 0 Å². The summed E-state index contributed by atoms with van der Waals surface area (Å²) in [4.78, 5) is 46.7. The van der Waals surface area contributed by atoms with Crippen LogP contribution in [0.3, 0.4) is 0 Å². The van der Waals surface area contributed by atoms with E-state index in [1.54, 1.807) is 0 Å². The number of phosphoric ester groups is 1. The van der Waals surface area contributed by atoms with Crippen LogP contribution in [-0.4, -0.2) is 60.8 Å². The summed E-state index contributed by atoms with van der Waals surface area (Å²) in [6.45, 7) is -1.02. The molecule has 7 atom stereocenters. The van der Waals surface area contributed by atoms with Crippen molar-refractivity contribution in [1.82, 2.24) is 19.5 Å². The first-order valence-corrected chi connectivity index (χ1v) is 13.8. The lowest BCUT2D eigenvalue weighted by Crippen LogP contribution is -2.34. The van der Waals surface area contributed by atoms with Gasteiger partial charge in [-0.3, -0.25) is 18.0 Å². The summed E-state index contributed by atoms with van der Waals surface area (Å²) in [6.07, 6.45) is -0.240. The number of aromatic nitrogens is 4. The predicted octanol–water partition coefficient (Wildman–Crippen LogP) is -2.41. The molecule has 3 rings (SSSR count). The number of hydrogen-bond donors (Lipinski definition) is 3. The van der Waals surface area contributed by atoms with Crippen molar-refractivity contribution >= 4 is 40.2 Å². The molecule has 0 bridgehead atoms. The molecule has 3 heterocycles. The van der Waals surface area contributed by atoms with Crippen LogP contribution in [-0.2, 0) is 31.6 Å². The second kappa shape index (κ2) is 10.1. The van der Waals surface area contributed by atoms with Crippen molar-refractivity contribution in [2.24, 2.45) is 0 Å². The Labute approximate surface area is 191 Å². The molecule has 0 aliphatic carbocycles. The van der Waals surface area contributed by atoms with Gasteiger partial charge in [0.25, 0.3) is 15.6 Å². The third kappa shape index (κ3) is 6.27. The van der Waals surface area contributed by atoms with Crippen LogP contribution in [0.25, 0.3) is 11.2 Å². The fourth-order valence-electron chi connectivity index (χ4n) is 2.87. The van der Waals surface area contributed by atoms with Crippen LogP contribution in [0, 0.1) is 12.3 Å². The van der Waals surface area contributed by atoms with E-state index < -0.39 is 67.0 Å². The maximum absolute atomic E-state index is 11.9. The predicted molar refractivity (Wildman–Crippen MR) is 105 cm³/mol. The van der Waals surface area contributed by atoms with Crippen LogP contribution in [0.1, 0.15) is 12.6 Å². The zero-order chi connectivity index (χ0) is 25.3. The lowest BCUT2D eigenvalue weighted by molar-refractivity contribution is -0.246. The molecule has 2 aromatic heterocycles. The molecular formula is C14H17N5O12P3-3. The monoisotopic (exact) mass is 540 g/mol. The van der Waals surface area contributed by atoms with Crippen LogP contribution in [0.4, 0.5) is 5.82 Å². The molecule has 17 nitrogen and oxygen atoms in total. The van der Waals surface area contributed by atoms with Crippen molar-refractivity contribution in [3.8, 4) is 12.3 Å². The number of ether oxygens (including phenoxy) is 1. The Morgan fingerprint density at radius 2 is 1.85 bits per heavy atom. The lowest BCUT2D eigenvalue weighted by atomic mass is 10.1. The van der Waals surface area contributed by atoms with E-state index in [0.29, 0.717) is 0 Å². The van der Waals surface area contributed by atoms with Gasteiger partial charge < -0.3 is 44.5 Å². The first-order chi connectivity index (χ1) is 15.8. The zero-order valence-electron chi connectivity index (χ0n) is 16.8. The van der Waals surface area contributed by atoms with Crippen molar-refractivity contribution in [3.05, 3.63) is 12.7 Å². The van der Waals surface area contributed by atoms with E-state index >= 15 is 0 Å². The highest BCUT2D eigenvalue weighted by molar-refractivity contribution is 7.66. The highest BCUT2D eigenvalue weighted by Gasteiger charge is 2.45. The number of aliphatic hydroxyl groups excluding tert-OH is 2. The van der Waals surface area contributed by atoms with E-state index in [-0.39, 0.29) is 17.0 Å². The van der Waals surface area contributed by atoms with Crippen LogP contribution < -0.4 is 20.4 Å². The summed E-state index contributed by atoms with van der Waals surface area (Å²) in [6, 6.07) is 0. The number of nitrogens with two attached hydrogens (primary N) is 1. The second-order valence-electron chi connectivity index (χ2n) is 6.77. The smallest absolute Gasteiger partial charge is 0.279 e. The Morgan fingerprint density at radius 1 is 1.15 bits per heavy atom. The SMILES string of the molecule is C#CCCP(=O)([O-])OP(=O)([O-])OP(=O)([O-])OC[C@H]1O[C@@H](n2cnc3c(N)ncnc32)C(O)[C@H]1O. The van der Waals surface area contributed by atoms with Gasteiger partial charge in [-0.2, -0.15) is 0 Å². The third-order valence-electron chi connectivity index (χ3n) is 4.35. The number of nitrogen functional groups attached to an aromatic ring is 1. The highest BCUT2D eigenvalue weighted by atomic mass is 31.3. The molecule has 1 saturated heterocycles. The van der Waals surface area contributed by atoms with Crippen LogP contribution in [0.2, 0.25) is 0 Å². The molecule has 0 spiro atoms. The summed E-state index contributed by atoms with van der Waals surface area (Å²) < 4.78 is 53.5. The average molecular weight is 540 g/mol. The number of rotatable bonds is 10. The van der Waals surface area contributed by atoms with E-state index in [1.807, 2.05) is 5.92 Å². The molecule has 1 aliphatic rings. The summed E-state index contributed by atoms with van der Waals surface area (Å²) in [5.74, 6) is 1.97. The van der Waals surface area contributed by atoms with Crippen molar-refractivity contribution in [3.63, 3.8) is 0 Å². The Balaban J connectivity index is 1.65. The van der Waals surface area contributed by atoms with E-state index in [0.717, 1.165) is 6.33 Å². The van der Waals surface area contributed by atoms with Gasteiger partial charge >= 0.3 is 0 Å². The van der Waals surface area contributed by atoms with E-state index in [4.69, 9.17) is 16.9 Å². The highest BCUT2D eigenvalue weighted by Crippen LogP contribution is 2.62. The van der Waals surface area contributed by atoms with Gasteiger partial charge in [-0.1, -0.05) is 0 Å². The molecule has 20 heteroatoms. The zero-order valence-corrected chi connectivity index (χ0v) is 19.5. The van der Waals surface area contributed by atoms with E-state index in [9.17, 15) is 38.6 Å². The van der Waals surface area contributed by atoms with E-state index in [1.165, 1.54) is 10.9 Å². The van der Waals surface area contributed by atoms with Gasteiger partial charge in [-0.05, 0) is 0 Å². The fraction of sp³-hybridized carbons (Fsp3) is 0.500. The van der Waals surface area contributed by atoms with Crippen molar-refractivity contribution < 1.29 is 56.5 Å². The van der Waals surface area contributed by atoms with E-state index in [2.05, 4.69) is 28.1 Å². The first kappa shape index (κ1) is 26.8. The molecule has 188 valence electrons.